The summed E-state index contributed by atoms with van der Waals surface area (Å²) in [7, 11) is 0. The van der Waals surface area contributed by atoms with Crippen LogP contribution in [0.3, 0.4) is 0 Å². The minimum atomic E-state index is -0.411. The minimum Gasteiger partial charge on any atom is -0.374 e. The molecule has 0 bridgehead atoms. The second-order valence-electron chi connectivity index (χ2n) is 4.82. The van der Waals surface area contributed by atoms with Gasteiger partial charge in [-0.2, -0.15) is 0 Å². The number of hydrogen-bond donors (Lipinski definition) is 3. The van der Waals surface area contributed by atoms with Gasteiger partial charge in [0.05, 0.1) is 12.2 Å². The number of nitrogens with one attached hydrogen (secondary N) is 3. The van der Waals surface area contributed by atoms with E-state index >= 15 is 0 Å². The first-order valence-corrected chi connectivity index (χ1v) is 7.26. The Morgan fingerprint density at radius 1 is 1.04 bits per heavy atom. The predicted molar refractivity (Wildman–Crippen MR) is 88.0 cm³/mol. The highest BCUT2D eigenvalue weighted by atomic mass is 19.1. The number of anilines is 2. The van der Waals surface area contributed by atoms with Crippen molar-refractivity contribution in [2.45, 2.75) is 6.92 Å². The van der Waals surface area contributed by atoms with E-state index in [0.717, 1.165) is 0 Å². The SMILES string of the molecule is CCNC(=O)c1ccc(NC(=O)CNc2ccccc2F)cc1. The standard InChI is InChI=1S/C17H18FN3O2/c1-2-19-17(23)12-7-9-13(10-8-12)21-16(22)11-20-15-6-4-3-5-14(15)18/h3-10,20H,2,11H2,1H3,(H,19,23)(H,21,22). The van der Waals surface area contributed by atoms with Gasteiger partial charge in [0.1, 0.15) is 5.82 Å². The molecule has 3 N–H and O–H groups in total. The van der Waals surface area contributed by atoms with Gasteiger partial charge in [0.25, 0.3) is 5.91 Å². The van der Waals surface area contributed by atoms with E-state index in [2.05, 4.69) is 16.0 Å². The Bertz CT molecular complexity index is 686. The molecule has 0 atom stereocenters. The van der Waals surface area contributed by atoms with Gasteiger partial charge in [-0.25, -0.2) is 4.39 Å². The van der Waals surface area contributed by atoms with Crippen LogP contribution < -0.4 is 16.0 Å². The fourth-order valence-electron chi connectivity index (χ4n) is 1.95. The lowest BCUT2D eigenvalue weighted by Gasteiger charge is -2.09. The summed E-state index contributed by atoms with van der Waals surface area (Å²) in [5.41, 5.74) is 1.36. The summed E-state index contributed by atoms with van der Waals surface area (Å²) in [4.78, 5) is 23.5. The Morgan fingerprint density at radius 3 is 2.39 bits per heavy atom. The Labute approximate surface area is 133 Å². The maximum atomic E-state index is 13.4. The zero-order valence-electron chi connectivity index (χ0n) is 12.7. The van der Waals surface area contributed by atoms with Crippen molar-refractivity contribution in [3.63, 3.8) is 0 Å². The van der Waals surface area contributed by atoms with Crippen LogP contribution in [0.5, 0.6) is 0 Å². The van der Waals surface area contributed by atoms with Crippen LogP contribution in [0.15, 0.2) is 48.5 Å². The first-order valence-electron chi connectivity index (χ1n) is 7.26. The molecule has 0 aromatic heterocycles. The van der Waals surface area contributed by atoms with E-state index in [-0.39, 0.29) is 24.0 Å². The number of para-hydroxylation sites is 1. The zero-order chi connectivity index (χ0) is 16.7. The second-order valence-corrected chi connectivity index (χ2v) is 4.82. The molecule has 0 saturated carbocycles. The Hall–Kier alpha value is -2.89. The Balaban J connectivity index is 1.88. The third-order valence-corrected chi connectivity index (χ3v) is 3.08. The number of amides is 2. The molecular formula is C17H18FN3O2. The van der Waals surface area contributed by atoms with Gasteiger partial charge in [-0.3, -0.25) is 9.59 Å². The molecule has 2 aromatic rings. The van der Waals surface area contributed by atoms with Gasteiger partial charge in [-0.1, -0.05) is 12.1 Å². The van der Waals surface area contributed by atoms with Crippen LogP contribution in [0.1, 0.15) is 17.3 Å². The Morgan fingerprint density at radius 2 is 1.74 bits per heavy atom. The summed E-state index contributed by atoms with van der Waals surface area (Å²) in [6, 6.07) is 12.7. The molecule has 0 spiro atoms. The molecular weight excluding hydrogens is 297 g/mol. The molecule has 0 fully saturated rings. The van der Waals surface area contributed by atoms with Crippen LogP contribution in [0.2, 0.25) is 0 Å². The van der Waals surface area contributed by atoms with Crippen LogP contribution in [0.25, 0.3) is 0 Å². The van der Waals surface area contributed by atoms with Crippen LogP contribution >= 0.6 is 0 Å². The smallest absolute Gasteiger partial charge is 0.251 e. The highest BCUT2D eigenvalue weighted by molar-refractivity contribution is 5.96. The van der Waals surface area contributed by atoms with Crippen LogP contribution in [-0.2, 0) is 4.79 Å². The van der Waals surface area contributed by atoms with E-state index in [9.17, 15) is 14.0 Å². The first kappa shape index (κ1) is 16.5. The number of rotatable bonds is 6. The summed E-state index contributed by atoms with van der Waals surface area (Å²) in [6.07, 6.45) is 0. The van der Waals surface area contributed by atoms with Crippen LogP contribution in [0.4, 0.5) is 15.8 Å². The third kappa shape index (κ3) is 4.81. The normalized spacial score (nSPS) is 10.0. The molecule has 2 amide bonds. The highest BCUT2D eigenvalue weighted by Gasteiger charge is 2.07. The summed E-state index contributed by atoms with van der Waals surface area (Å²) in [6.45, 7) is 2.34. The van der Waals surface area contributed by atoms with Crippen molar-refractivity contribution in [1.29, 1.82) is 0 Å². The molecule has 0 aliphatic carbocycles. The van der Waals surface area contributed by atoms with Gasteiger partial charge in [-0.15, -0.1) is 0 Å². The van der Waals surface area contributed by atoms with E-state index < -0.39 is 5.82 Å². The molecule has 23 heavy (non-hydrogen) atoms. The molecule has 2 aromatic carbocycles. The lowest BCUT2D eigenvalue weighted by molar-refractivity contribution is -0.114. The van der Waals surface area contributed by atoms with Gasteiger partial charge in [0.2, 0.25) is 5.91 Å². The summed E-state index contributed by atoms with van der Waals surface area (Å²) in [5, 5.41) is 8.10. The fraction of sp³-hybridized carbons (Fsp3) is 0.176. The van der Waals surface area contributed by atoms with Gasteiger partial charge < -0.3 is 16.0 Å². The molecule has 0 aliphatic rings. The number of carbonyl (C=O) groups excluding carboxylic acids is 2. The number of carbonyl (C=O) groups is 2. The maximum Gasteiger partial charge on any atom is 0.251 e. The van der Waals surface area contributed by atoms with Gasteiger partial charge in [-0.05, 0) is 43.3 Å². The van der Waals surface area contributed by atoms with Gasteiger partial charge >= 0.3 is 0 Å². The van der Waals surface area contributed by atoms with Crippen molar-refractivity contribution < 1.29 is 14.0 Å². The molecule has 0 radical (unpaired) electrons. The van der Waals surface area contributed by atoms with Crippen molar-refractivity contribution in [2.75, 3.05) is 23.7 Å². The summed E-state index contributed by atoms with van der Waals surface area (Å²) in [5.74, 6) is -0.878. The average Bonchev–Trinajstić information content (AvgIpc) is 2.55. The monoisotopic (exact) mass is 315 g/mol. The van der Waals surface area contributed by atoms with Crippen molar-refractivity contribution in [2.24, 2.45) is 0 Å². The van der Waals surface area contributed by atoms with Crippen LogP contribution in [-0.4, -0.2) is 24.9 Å². The Kier molecular flexibility index (Phi) is 5.68. The number of hydrogen-bond acceptors (Lipinski definition) is 3. The predicted octanol–water partition coefficient (Wildman–Crippen LogP) is 2.63. The zero-order valence-corrected chi connectivity index (χ0v) is 12.7. The molecule has 0 saturated heterocycles. The van der Waals surface area contributed by atoms with Gasteiger partial charge in [0.15, 0.2) is 0 Å². The number of benzene rings is 2. The third-order valence-electron chi connectivity index (χ3n) is 3.08. The molecule has 120 valence electrons. The lowest BCUT2D eigenvalue weighted by Crippen LogP contribution is -2.23. The molecule has 0 aliphatic heterocycles. The minimum absolute atomic E-state index is 0.0565. The van der Waals surface area contributed by atoms with E-state index in [4.69, 9.17) is 0 Å². The van der Waals surface area contributed by atoms with E-state index in [1.807, 2.05) is 6.92 Å². The van der Waals surface area contributed by atoms with E-state index in [1.54, 1.807) is 42.5 Å². The molecule has 6 heteroatoms. The second kappa shape index (κ2) is 7.93. The summed E-state index contributed by atoms with van der Waals surface area (Å²) >= 11 is 0. The number of halogens is 1. The lowest BCUT2D eigenvalue weighted by atomic mass is 10.2. The average molecular weight is 315 g/mol. The molecule has 0 unspecified atom stereocenters. The fourth-order valence-corrected chi connectivity index (χ4v) is 1.95. The highest BCUT2D eigenvalue weighted by Crippen LogP contribution is 2.12. The quantitative estimate of drug-likeness (QED) is 0.767. The molecule has 0 heterocycles. The van der Waals surface area contributed by atoms with Crippen molar-refractivity contribution >= 4 is 23.2 Å². The van der Waals surface area contributed by atoms with Crippen LogP contribution in [0, 0.1) is 5.82 Å². The first-order chi connectivity index (χ1) is 11.1. The maximum absolute atomic E-state index is 13.4. The topological polar surface area (TPSA) is 70.2 Å². The van der Waals surface area contributed by atoms with Crippen molar-refractivity contribution in [1.82, 2.24) is 5.32 Å². The van der Waals surface area contributed by atoms with Crippen molar-refractivity contribution in [3.05, 3.63) is 59.9 Å². The molecule has 2 rings (SSSR count). The van der Waals surface area contributed by atoms with E-state index in [1.165, 1.54) is 6.07 Å². The van der Waals surface area contributed by atoms with Gasteiger partial charge in [0, 0.05) is 17.8 Å². The van der Waals surface area contributed by atoms with E-state index in [0.29, 0.717) is 17.8 Å². The largest absolute Gasteiger partial charge is 0.374 e. The molecule has 5 nitrogen and oxygen atoms in total. The van der Waals surface area contributed by atoms with Crippen molar-refractivity contribution in [3.8, 4) is 0 Å². The summed E-state index contributed by atoms with van der Waals surface area (Å²) < 4.78 is 13.4.